The number of hydrogen-bond acceptors (Lipinski definition) is 15. The molecular formula is C87H166O17P2. The smallest absolute Gasteiger partial charge is 0.462 e. The van der Waals surface area contributed by atoms with E-state index in [2.05, 4.69) is 58.9 Å². The number of unbranched alkanes of at least 4 members (excludes halogenated alkanes) is 53. The predicted molar refractivity (Wildman–Crippen MR) is 437 cm³/mol. The topological polar surface area (TPSA) is 237 Å². The number of esters is 4. The highest BCUT2D eigenvalue weighted by molar-refractivity contribution is 7.47. The van der Waals surface area contributed by atoms with Gasteiger partial charge in [0.2, 0.25) is 0 Å². The minimum atomic E-state index is -4.97. The van der Waals surface area contributed by atoms with Crippen LogP contribution in [0.25, 0.3) is 0 Å². The summed E-state index contributed by atoms with van der Waals surface area (Å²) in [5.41, 5.74) is 0. The molecule has 106 heavy (non-hydrogen) atoms. The van der Waals surface area contributed by atoms with Gasteiger partial charge in [-0.25, -0.2) is 9.13 Å². The molecule has 0 aromatic heterocycles. The largest absolute Gasteiger partial charge is 0.472 e. The highest BCUT2D eigenvalue weighted by atomic mass is 31.2. The van der Waals surface area contributed by atoms with Crippen molar-refractivity contribution in [2.24, 2.45) is 5.92 Å². The maximum atomic E-state index is 13.2. The van der Waals surface area contributed by atoms with E-state index in [4.69, 9.17) is 37.0 Å². The molecule has 0 bridgehead atoms. The Balaban J connectivity index is 5.27. The molecule has 0 rings (SSSR count). The molecule has 0 saturated carbocycles. The van der Waals surface area contributed by atoms with Gasteiger partial charge >= 0.3 is 39.5 Å². The highest BCUT2D eigenvalue weighted by Gasteiger charge is 2.30. The summed E-state index contributed by atoms with van der Waals surface area (Å²) in [5.74, 6) is -1.26. The van der Waals surface area contributed by atoms with Crippen molar-refractivity contribution in [3.8, 4) is 0 Å². The van der Waals surface area contributed by atoms with Gasteiger partial charge in [-0.1, -0.05) is 393 Å². The van der Waals surface area contributed by atoms with Crippen molar-refractivity contribution in [3.05, 3.63) is 24.3 Å². The average Bonchev–Trinajstić information content (AvgIpc) is 0.902. The number of phosphoric acid groups is 2. The summed E-state index contributed by atoms with van der Waals surface area (Å²) in [7, 11) is -9.94. The molecule has 0 radical (unpaired) electrons. The zero-order valence-electron chi connectivity index (χ0n) is 69.1. The van der Waals surface area contributed by atoms with Crippen molar-refractivity contribution in [1.29, 1.82) is 0 Å². The van der Waals surface area contributed by atoms with E-state index in [-0.39, 0.29) is 25.7 Å². The first-order valence-electron chi connectivity index (χ1n) is 44.5. The van der Waals surface area contributed by atoms with Gasteiger partial charge in [-0.15, -0.1) is 0 Å². The third-order valence-corrected chi connectivity index (χ3v) is 22.2. The van der Waals surface area contributed by atoms with Gasteiger partial charge in [0.15, 0.2) is 12.2 Å². The minimum absolute atomic E-state index is 0.0860. The van der Waals surface area contributed by atoms with Crippen molar-refractivity contribution in [2.45, 2.75) is 464 Å². The Kier molecular flexibility index (Phi) is 77.4. The standard InChI is InChI=1S/C87H166O17P2/c1-6-10-13-16-19-22-25-28-30-37-41-46-51-56-61-66-71-85(90)98-77-83(104-87(92)73-68-63-58-53-48-43-38-34-32-31-33-36-40-44-49-54-59-64-69-80(5)9-4)79-102-106(95,96)100-75-81(88)74-99-105(93,94)101-78-82(76-97-84(89)70-65-60-55-50-45-39-27-24-21-18-15-12-8-3)103-86(91)72-67-62-57-52-47-42-35-29-26-23-20-17-14-11-7-2/h23,26,29,35,80-83,88H,6-22,24-25,27-28,30-34,36-79H2,1-5H3,(H,93,94)(H,95,96)/b26-23-,35-29-/t80?,81-,82+,83+/m0/s1. The first kappa shape index (κ1) is 104. The molecule has 0 aliphatic rings. The van der Waals surface area contributed by atoms with Gasteiger partial charge in [0.05, 0.1) is 26.4 Å². The maximum absolute atomic E-state index is 13.2. The van der Waals surface area contributed by atoms with Gasteiger partial charge in [-0.2, -0.15) is 0 Å². The van der Waals surface area contributed by atoms with Gasteiger partial charge in [0.1, 0.15) is 19.3 Å². The summed E-state index contributed by atoms with van der Waals surface area (Å²) in [4.78, 5) is 73.2. The number of allylic oxidation sites excluding steroid dienone is 4. The molecule has 0 aliphatic heterocycles. The number of rotatable bonds is 85. The van der Waals surface area contributed by atoms with Crippen LogP contribution in [-0.4, -0.2) is 96.7 Å². The molecule has 0 aliphatic carbocycles. The zero-order chi connectivity index (χ0) is 77.6. The Morgan fingerprint density at radius 3 is 0.802 bits per heavy atom. The van der Waals surface area contributed by atoms with E-state index in [1.54, 1.807) is 0 Å². The summed E-state index contributed by atoms with van der Waals surface area (Å²) in [6.45, 7) is 7.37. The van der Waals surface area contributed by atoms with Crippen LogP contribution in [-0.2, 0) is 65.4 Å². The van der Waals surface area contributed by atoms with E-state index in [1.807, 2.05) is 0 Å². The fourth-order valence-corrected chi connectivity index (χ4v) is 14.7. The molecule has 17 nitrogen and oxygen atoms in total. The van der Waals surface area contributed by atoms with Gasteiger partial charge in [0, 0.05) is 25.7 Å². The lowest BCUT2D eigenvalue weighted by Crippen LogP contribution is -2.30. The maximum Gasteiger partial charge on any atom is 0.472 e. The van der Waals surface area contributed by atoms with Gasteiger partial charge < -0.3 is 33.8 Å². The second-order valence-electron chi connectivity index (χ2n) is 30.8. The van der Waals surface area contributed by atoms with Crippen LogP contribution in [0, 0.1) is 5.92 Å². The summed E-state index contributed by atoms with van der Waals surface area (Å²) in [6, 6.07) is 0. The summed E-state index contributed by atoms with van der Waals surface area (Å²) >= 11 is 0. The lowest BCUT2D eigenvalue weighted by atomic mass is 9.99. The number of carbonyl (C=O) groups is 4. The Morgan fingerprint density at radius 2 is 0.528 bits per heavy atom. The van der Waals surface area contributed by atoms with Crippen molar-refractivity contribution in [2.75, 3.05) is 39.6 Å². The predicted octanol–water partition coefficient (Wildman–Crippen LogP) is 26.3. The molecule has 0 saturated heterocycles. The third kappa shape index (κ3) is 78.2. The normalized spacial score (nSPS) is 14.2. The van der Waals surface area contributed by atoms with E-state index in [0.29, 0.717) is 25.7 Å². The average molecular weight is 1550 g/mol. The monoisotopic (exact) mass is 1550 g/mol. The van der Waals surface area contributed by atoms with Crippen LogP contribution in [0.15, 0.2) is 24.3 Å². The fourth-order valence-electron chi connectivity index (χ4n) is 13.1. The van der Waals surface area contributed by atoms with Crippen LogP contribution >= 0.6 is 15.6 Å². The fraction of sp³-hybridized carbons (Fsp3) is 0.908. The van der Waals surface area contributed by atoms with Crippen molar-refractivity contribution < 1.29 is 80.2 Å². The second-order valence-corrected chi connectivity index (χ2v) is 33.7. The number of ether oxygens (including phenoxy) is 4. The van der Waals surface area contributed by atoms with Gasteiger partial charge in [-0.05, 0) is 57.3 Å². The van der Waals surface area contributed by atoms with Crippen LogP contribution in [0.5, 0.6) is 0 Å². The van der Waals surface area contributed by atoms with Gasteiger partial charge in [-0.3, -0.25) is 37.3 Å². The van der Waals surface area contributed by atoms with Crippen LogP contribution in [0.3, 0.4) is 0 Å². The molecule has 0 fully saturated rings. The molecule has 0 heterocycles. The molecule has 0 spiro atoms. The summed E-state index contributed by atoms with van der Waals surface area (Å²) < 4.78 is 68.9. The van der Waals surface area contributed by atoms with E-state index in [1.165, 1.54) is 257 Å². The Labute approximate surface area is 650 Å². The second kappa shape index (κ2) is 79.2. The Morgan fingerprint density at radius 1 is 0.302 bits per heavy atom. The Bertz CT molecular complexity index is 2110. The molecule has 0 amide bonds. The number of aliphatic hydroxyl groups is 1. The first-order valence-corrected chi connectivity index (χ1v) is 47.5. The van der Waals surface area contributed by atoms with Crippen molar-refractivity contribution in [1.82, 2.24) is 0 Å². The first-order chi connectivity index (χ1) is 51.6. The molecule has 19 heteroatoms. The van der Waals surface area contributed by atoms with E-state index < -0.39 is 97.5 Å². The molecule has 0 aromatic rings. The van der Waals surface area contributed by atoms with Crippen LogP contribution in [0.2, 0.25) is 0 Å². The number of carbonyl (C=O) groups excluding carboxylic acids is 4. The molecule has 0 aromatic carbocycles. The van der Waals surface area contributed by atoms with E-state index >= 15 is 0 Å². The van der Waals surface area contributed by atoms with E-state index in [0.717, 1.165) is 109 Å². The van der Waals surface area contributed by atoms with Crippen molar-refractivity contribution >= 4 is 39.5 Å². The number of aliphatic hydroxyl groups excluding tert-OH is 1. The SMILES string of the molecule is CCCCCC/C=C\C=C/CCCCCCCC(=O)O[C@H](COC(=O)CCCCCCCCCCCCCCC)COP(=O)(O)OC[C@H](O)COP(=O)(O)OC[C@@H](COC(=O)CCCCCCCCCCCCCCCCCC)OC(=O)CCCCCCCCCCCCCCCCCCCCC(C)CC. The minimum Gasteiger partial charge on any atom is -0.462 e. The van der Waals surface area contributed by atoms with Crippen molar-refractivity contribution in [3.63, 3.8) is 0 Å². The molecule has 6 atom stereocenters. The molecule has 3 N–H and O–H groups in total. The van der Waals surface area contributed by atoms with Crippen LogP contribution in [0.4, 0.5) is 0 Å². The number of phosphoric ester groups is 2. The Hall–Kier alpha value is -2.46. The van der Waals surface area contributed by atoms with E-state index in [9.17, 15) is 43.2 Å². The van der Waals surface area contributed by atoms with Crippen LogP contribution < -0.4 is 0 Å². The summed E-state index contributed by atoms with van der Waals surface area (Å²) in [5, 5.41) is 10.7. The molecule has 3 unspecified atom stereocenters. The lowest BCUT2D eigenvalue weighted by molar-refractivity contribution is -0.161. The van der Waals surface area contributed by atoms with Gasteiger partial charge in [0.25, 0.3) is 0 Å². The highest BCUT2D eigenvalue weighted by Crippen LogP contribution is 2.45. The third-order valence-electron chi connectivity index (χ3n) is 20.3. The zero-order valence-corrected chi connectivity index (χ0v) is 70.9. The molecule has 626 valence electrons. The molecular weight excluding hydrogens is 1380 g/mol. The van der Waals surface area contributed by atoms with Crippen LogP contribution in [0.1, 0.15) is 446 Å². The lowest BCUT2D eigenvalue weighted by Gasteiger charge is -2.21. The number of hydrogen-bond donors (Lipinski definition) is 3. The quantitative estimate of drug-likeness (QED) is 0.0169. The summed E-state index contributed by atoms with van der Waals surface area (Å²) in [6.07, 6.45) is 75.6.